The molecule has 1 aliphatic heterocycles. The Balaban J connectivity index is 1.89. The molecule has 0 spiro atoms. The van der Waals surface area contributed by atoms with Crippen molar-refractivity contribution in [3.05, 3.63) is 17.8 Å². The van der Waals surface area contributed by atoms with E-state index >= 15 is 0 Å². The van der Waals surface area contributed by atoms with Gasteiger partial charge in [-0.25, -0.2) is 0 Å². The molecular weight excluding hydrogens is 188 g/mol. The first-order valence-corrected chi connectivity index (χ1v) is 5.49. The largest absolute Gasteiger partial charge is 0.366 e. The van der Waals surface area contributed by atoms with Crippen LogP contribution < -0.4 is 5.32 Å². The molecule has 1 N–H and O–H groups in total. The third-order valence-electron chi connectivity index (χ3n) is 2.87. The highest BCUT2D eigenvalue weighted by molar-refractivity contribution is 5.34. The maximum Gasteiger partial charge on any atom is 0.148 e. The Labute approximate surface area is 90.7 Å². The minimum Gasteiger partial charge on any atom is -0.366 e. The van der Waals surface area contributed by atoms with Crippen LogP contribution in [0.3, 0.4) is 0 Å². The smallest absolute Gasteiger partial charge is 0.148 e. The first kappa shape index (κ1) is 10.4. The Bertz CT molecular complexity index is 301. The van der Waals surface area contributed by atoms with E-state index in [-0.39, 0.29) is 0 Å². The number of aromatic nitrogens is 2. The zero-order valence-electron chi connectivity index (χ0n) is 9.40. The first-order chi connectivity index (χ1) is 7.24. The molecule has 0 aromatic carbocycles. The van der Waals surface area contributed by atoms with Gasteiger partial charge in [-0.3, -0.25) is 0 Å². The molecular formula is C11H18N4. The summed E-state index contributed by atoms with van der Waals surface area (Å²) in [7, 11) is 2.17. The molecule has 4 nitrogen and oxygen atoms in total. The summed E-state index contributed by atoms with van der Waals surface area (Å²) in [6, 6.07) is 4.54. The van der Waals surface area contributed by atoms with Gasteiger partial charge in [0.25, 0.3) is 0 Å². The number of piperidine rings is 1. The summed E-state index contributed by atoms with van der Waals surface area (Å²) in [5.74, 6) is 0.898. The normalized spacial score (nSPS) is 19.1. The van der Waals surface area contributed by atoms with Crippen molar-refractivity contribution < 1.29 is 0 Å². The van der Waals surface area contributed by atoms with Crippen LogP contribution in [0.2, 0.25) is 0 Å². The predicted octanol–water partition coefficient (Wildman–Crippen LogP) is 1.29. The molecule has 2 rings (SSSR count). The molecule has 1 aromatic rings. The highest BCUT2D eigenvalue weighted by Crippen LogP contribution is 2.13. The molecule has 1 fully saturated rings. The number of hydrogen-bond donors (Lipinski definition) is 1. The maximum absolute atomic E-state index is 4.12. The summed E-state index contributed by atoms with van der Waals surface area (Å²) in [4.78, 5) is 2.36. The number of nitrogens with zero attached hydrogens (tertiary/aromatic N) is 3. The Morgan fingerprint density at radius 1 is 1.27 bits per heavy atom. The Hall–Kier alpha value is -1.16. The Morgan fingerprint density at radius 2 is 2.00 bits per heavy atom. The second-order valence-corrected chi connectivity index (χ2v) is 4.28. The van der Waals surface area contributed by atoms with E-state index in [4.69, 9.17) is 0 Å². The van der Waals surface area contributed by atoms with Crippen LogP contribution in [0, 0.1) is 6.92 Å². The molecule has 0 amide bonds. The number of likely N-dealkylation sites (tertiary alicyclic amines) is 1. The van der Waals surface area contributed by atoms with E-state index in [0.717, 1.165) is 24.6 Å². The summed E-state index contributed by atoms with van der Waals surface area (Å²) in [5, 5.41) is 11.6. The predicted molar refractivity (Wildman–Crippen MR) is 60.9 cm³/mol. The monoisotopic (exact) mass is 206 g/mol. The van der Waals surface area contributed by atoms with Gasteiger partial charge in [0, 0.05) is 6.04 Å². The Kier molecular flexibility index (Phi) is 3.16. The quantitative estimate of drug-likeness (QED) is 0.791. The maximum atomic E-state index is 4.12. The minimum atomic E-state index is 0.554. The summed E-state index contributed by atoms with van der Waals surface area (Å²) in [6.45, 7) is 4.28. The van der Waals surface area contributed by atoms with E-state index in [1.165, 1.54) is 12.8 Å². The number of hydrogen-bond acceptors (Lipinski definition) is 4. The van der Waals surface area contributed by atoms with E-state index in [0.29, 0.717) is 6.04 Å². The average Bonchev–Trinajstić information content (AvgIpc) is 2.25. The molecule has 82 valence electrons. The highest BCUT2D eigenvalue weighted by atomic mass is 15.2. The number of aryl methyl sites for hydroxylation is 1. The number of rotatable bonds is 2. The fourth-order valence-corrected chi connectivity index (χ4v) is 1.84. The van der Waals surface area contributed by atoms with Gasteiger partial charge in [0.2, 0.25) is 0 Å². The second-order valence-electron chi connectivity index (χ2n) is 4.28. The molecule has 1 aromatic heterocycles. The van der Waals surface area contributed by atoms with E-state index in [1.807, 2.05) is 19.1 Å². The third-order valence-corrected chi connectivity index (χ3v) is 2.87. The van der Waals surface area contributed by atoms with Crippen molar-refractivity contribution >= 4 is 5.82 Å². The summed E-state index contributed by atoms with van der Waals surface area (Å²) >= 11 is 0. The van der Waals surface area contributed by atoms with Gasteiger partial charge in [-0.1, -0.05) is 0 Å². The highest BCUT2D eigenvalue weighted by Gasteiger charge is 2.16. The van der Waals surface area contributed by atoms with Gasteiger partial charge in [0.15, 0.2) is 0 Å². The minimum absolute atomic E-state index is 0.554. The fourth-order valence-electron chi connectivity index (χ4n) is 1.84. The zero-order chi connectivity index (χ0) is 10.7. The summed E-state index contributed by atoms with van der Waals surface area (Å²) in [6.07, 6.45) is 2.37. The van der Waals surface area contributed by atoms with Crippen LogP contribution in [0.4, 0.5) is 5.82 Å². The molecule has 1 aliphatic rings. The van der Waals surface area contributed by atoms with Crippen molar-refractivity contribution in [1.29, 1.82) is 0 Å². The van der Waals surface area contributed by atoms with E-state index in [9.17, 15) is 0 Å². The van der Waals surface area contributed by atoms with Crippen molar-refractivity contribution in [3.63, 3.8) is 0 Å². The molecule has 4 heteroatoms. The number of anilines is 1. The lowest BCUT2D eigenvalue weighted by Gasteiger charge is -2.29. The van der Waals surface area contributed by atoms with Crippen LogP contribution in [0.1, 0.15) is 18.5 Å². The molecule has 0 bridgehead atoms. The van der Waals surface area contributed by atoms with Gasteiger partial charge in [-0.15, -0.1) is 5.10 Å². The van der Waals surface area contributed by atoms with Gasteiger partial charge in [-0.2, -0.15) is 5.10 Å². The van der Waals surface area contributed by atoms with Crippen LogP contribution in [0.5, 0.6) is 0 Å². The molecule has 0 aliphatic carbocycles. The zero-order valence-corrected chi connectivity index (χ0v) is 9.40. The van der Waals surface area contributed by atoms with Crippen LogP contribution in [0.25, 0.3) is 0 Å². The summed E-state index contributed by atoms with van der Waals surface area (Å²) in [5.41, 5.74) is 0.962. The molecule has 2 heterocycles. The van der Waals surface area contributed by atoms with Gasteiger partial charge in [0.1, 0.15) is 5.82 Å². The van der Waals surface area contributed by atoms with Crippen molar-refractivity contribution in [3.8, 4) is 0 Å². The van der Waals surface area contributed by atoms with Crippen molar-refractivity contribution in [1.82, 2.24) is 15.1 Å². The van der Waals surface area contributed by atoms with Crippen molar-refractivity contribution in [2.45, 2.75) is 25.8 Å². The van der Waals surface area contributed by atoms with Crippen molar-refractivity contribution in [2.75, 3.05) is 25.5 Å². The lowest BCUT2D eigenvalue weighted by atomic mass is 10.1. The molecule has 0 radical (unpaired) electrons. The van der Waals surface area contributed by atoms with Gasteiger partial charge >= 0.3 is 0 Å². The average molecular weight is 206 g/mol. The number of nitrogens with one attached hydrogen (secondary N) is 1. The van der Waals surface area contributed by atoms with E-state index < -0.39 is 0 Å². The van der Waals surface area contributed by atoms with E-state index in [1.54, 1.807) is 0 Å². The standard InChI is InChI=1S/C11H18N4/c1-9-3-4-11(14-13-9)12-10-5-7-15(2)8-6-10/h3-4,10H,5-8H2,1-2H3,(H,12,14). The van der Waals surface area contributed by atoms with Crippen LogP contribution in [-0.2, 0) is 0 Å². The molecule has 0 saturated carbocycles. The molecule has 0 unspecified atom stereocenters. The second kappa shape index (κ2) is 4.57. The lowest BCUT2D eigenvalue weighted by molar-refractivity contribution is 0.263. The summed E-state index contributed by atoms with van der Waals surface area (Å²) < 4.78 is 0. The van der Waals surface area contributed by atoms with Gasteiger partial charge in [0.05, 0.1) is 5.69 Å². The third kappa shape index (κ3) is 2.89. The van der Waals surface area contributed by atoms with E-state index in [2.05, 4.69) is 27.5 Å². The topological polar surface area (TPSA) is 41.0 Å². The van der Waals surface area contributed by atoms with Crippen LogP contribution in [-0.4, -0.2) is 41.3 Å². The molecule has 0 atom stereocenters. The molecule has 1 saturated heterocycles. The van der Waals surface area contributed by atoms with Crippen molar-refractivity contribution in [2.24, 2.45) is 0 Å². The van der Waals surface area contributed by atoms with Crippen LogP contribution >= 0.6 is 0 Å². The lowest BCUT2D eigenvalue weighted by Crippen LogP contribution is -2.36. The van der Waals surface area contributed by atoms with Gasteiger partial charge in [-0.05, 0) is 52.0 Å². The SMILES string of the molecule is Cc1ccc(NC2CCN(C)CC2)nn1. The fraction of sp³-hybridized carbons (Fsp3) is 0.636. The Morgan fingerprint density at radius 3 is 2.60 bits per heavy atom. The van der Waals surface area contributed by atoms with Gasteiger partial charge < -0.3 is 10.2 Å². The molecule has 15 heavy (non-hydrogen) atoms. The first-order valence-electron chi connectivity index (χ1n) is 5.49. The van der Waals surface area contributed by atoms with Crippen LogP contribution in [0.15, 0.2) is 12.1 Å².